The third-order valence-electron chi connectivity index (χ3n) is 0.695. The molecule has 0 radical (unpaired) electrons. The highest BCUT2D eigenvalue weighted by Gasteiger charge is 2.15. The fourth-order valence-electron chi connectivity index (χ4n) is 0.238. The lowest BCUT2D eigenvalue weighted by Crippen LogP contribution is -2.31. The molecule has 0 unspecified atom stereocenters. The number of aliphatic hydroxyl groups is 1. The second kappa shape index (κ2) is 3.04. The first kappa shape index (κ1) is 7.91. The van der Waals surface area contributed by atoms with Crippen LogP contribution in [-0.4, -0.2) is 21.9 Å². The van der Waals surface area contributed by atoms with Crippen LogP contribution in [0.1, 0.15) is 6.92 Å². The molecule has 2 atom stereocenters. The van der Waals surface area contributed by atoms with Crippen LogP contribution in [0.25, 0.3) is 0 Å². The summed E-state index contributed by atoms with van der Waals surface area (Å²) in [6, 6.07) is 0. The summed E-state index contributed by atoms with van der Waals surface area (Å²) in [6.45, 7) is 1.49. The Balaban J connectivity index is 3.64. The van der Waals surface area contributed by atoms with Crippen molar-refractivity contribution < 1.29 is 9.90 Å². The summed E-state index contributed by atoms with van der Waals surface area (Å²) >= 11 is 2.88. The minimum Gasteiger partial charge on any atom is -0.392 e. The van der Waals surface area contributed by atoms with Crippen LogP contribution in [-0.2, 0) is 4.79 Å². The molecule has 0 aromatic rings. The number of aliphatic hydroxyl groups excluding tert-OH is 1. The molecular formula is C4H8BrNO2. The van der Waals surface area contributed by atoms with Gasteiger partial charge in [-0.2, -0.15) is 0 Å². The molecule has 0 saturated heterocycles. The molecule has 0 aromatic heterocycles. The Morgan fingerprint density at radius 2 is 2.25 bits per heavy atom. The lowest BCUT2D eigenvalue weighted by atomic mass is 10.3. The highest BCUT2D eigenvalue weighted by Crippen LogP contribution is 2.02. The SMILES string of the molecule is C[C@H](O)[C@@H](Br)C(N)=O. The molecule has 0 aliphatic rings. The number of carbonyl (C=O) groups excluding carboxylic acids is 1. The van der Waals surface area contributed by atoms with E-state index in [1.807, 2.05) is 0 Å². The molecule has 1 amide bonds. The Kier molecular flexibility index (Phi) is 3.01. The Morgan fingerprint density at radius 1 is 1.88 bits per heavy atom. The third kappa shape index (κ3) is 2.28. The van der Waals surface area contributed by atoms with E-state index in [1.165, 1.54) is 6.92 Å². The van der Waals surface area contributed by atoms with Gasteiger partial charge in [0.2, 0.25) is 5.91 Å². The topological polar surface area (TPSA) is 63.3 Å². The fraction of sp³-hybridized carbons (Fsp3) is 0.750. The number of amides is 1. The first-order chi connectivity index (χ1) is 3.55. The van der Waals surface area contributed by atoms with E-state index in [4.69, 9.17) is 10.8 Å². The Hall–Kier alpha value is -0.0900. The molecule has 0 spiro atoms. The summed E-state index contributed by atoms with van der Waals surface area (Å²) in [5.74, 6) is -0.542. The van der Waals surface area contributed by atoms with Crippen molar-refractivity contribution in [3.8, 4) is 0 Å². The summed E-state index contributed by atoms with van der Waals surface area (Å²) in [4.78, 5) is 9.53. The average Bonchev–Trinajstić information content (AvgIpc) is 1.64. The van der Waals surface area contributed by atoms with Gasteiger partial charge in [-0.25, -0.2) is 0 Å². The van der Waals surface area contributed by atoms with Crippen molar-refractivity contribution >= 4 is 21.8 Å². The van der Waals surface area contributed by atoms with Crippen LogP contribution in [0.3, 0.4) is 0 Å². The number of halogens is 1. The zero-order valence-corrected chi connectivity index (χ0v) is 6.05. The van der Waals surface area contributed by atoms with E-state index in [1.54, 1.807) is 0 Å². The molecule has 3 N–H and O–H groups in total. The lowest BCUT2D eigenvalue weighted by molar-refractivity contribution is -0.118. The van der Waals surface area contributed by atoms with Crippen LogP contribution in [0.2, 0.25) is 0 Å². The van der Waals surface area contributed by atoms with Gasteiger partial charge in [0, 0.05) is 0 Å². The van der Waals surface area contributed by atoms with Gasteiger partial charge in [0.1, 0.15) is 4.83 Å². The van der Waals surface area contributed by atoms with Gasteiger partial charge in [-0.3, -0.25) is 4.79 Å². The predicted octanol–water partition coefficient (Wildman–Crippen LogP) is -0.384. The zero-order chi connectivity index (χ0) is 6.73. The number of hydrogen-bond donors (Lipinski definition) is 2. The maximum Gasteiger partial charge on any atom is 0.233 e. The number of rotatable bonds is 2. The number of primary amides is 1. The maximum absolute atomic E-state index is 10.2. The van der Waals surface area contributed by atoms with E-state index in [0.717, 1.165) is 0 Å². The summed E-state index contributed by atoms with van der Waals surface area (Å²) in [5.41, 5.74) is 4.79. The molecule has 0 rings (SSSR count). The molecule has 3 nitrogen and oxygen atoms in total. The second-order valence-electron chi connectivity index (χ2n) is 1.54. The molecular weight excluding hydrogens is 174 g/mol. The average molecular weight is 182 g/mol. The zero-order valence-electron chi connectivity index (χ0n) is 4.47. The Bertz CT molecular complexity index is 94.0. The van der Waals surface area contributed by atoms with Gasteiger partial charge < -0.3 is 10.8 Å². The standard InChI is InChI=1S/C4H8BrNO2/c1-2(7)3(5)4(6)8/h2-3,7H,1H3,(H2,6,8)/t2-,3+/m0/s1. The summed E-state index contributed by atoms with van der Waals surface area (Å²) in [5, 5.41) is 8.64. The van der Waals surface area contributed by atoms with E-state index >= 15 is 0 Å². The van der Waals surface area contributed by atoms with Crippen molar-refractivity contribution in [2.75, 3.05) is 0 Å². The minimum atomic E-state index is -0.715. The molecule has 0 fully saturated rings. The van der Waals surface area contributed by atoms with Crippen molar-refractivity contribution in [1.29, 1.82) is 0 Å². The van der Waals surface area contributed by atoms with Crippen LogP contribution >= 0.6 is 15.9 Å². The molecule has 4 heteroatoms. The van der Waals surface area contributed by atoms with Gasteiger partial charge in [0.05, 0.1) is 6.10 Å². The van der Waals surface area contributed by atoms with Crippen molar-refractivity contribution in [2.24, 2.45) is 5.73 Å². The molecule has 48 valence electrons. The fourth-order valence-corrected chi connectivity index (χ4v) is 0.238. The monoisotopic (exact) mass is 181 g/mol. The minimum absolute atomic E-state index is 0.542. The highest BCUT2D eigenvalue weighted by atomic mass is 79.9. The van der Waals surface area contributed by atoms with E-state index in [2.05, 4.69) is 15.9 Å². The summed E-state index contributed by atoms with van der Waals surface area (Å²) < 4.78 is 0. The second-order valence-corrected chi connectivity index (χ2v) is 2.53. The van der Waals surface area contributed by atoms with Gasteiger partial charge in [-0.1, -0.05) is 15.9 Å². The Labute approximate surface area is 56.0 Å². The number of hydrogen-bond acceptors (Lipinski definition) is 2. The van der Waals surface area contributed by atoms with Gasteiger partial charge in [0.25, 0.3) is 0 Å². The third-order valence-corrected chi connectivity index (χ3v) is 1.91. The van der Waals surface area contributed by atoms with Crippen molar-refractivity contribution in [3.05, 3.63) is 0 Å². The summed E-state index contributed by atoms with van der Waals surface area (Å²) in [6.07, 6.45) is -0.715. The van der Waals surface area contributed by atoms with E-state index < -0.39 is 16.8 Å². The van der Waals surface area contributed by atoms with E-state index in [0.29, 0.717) is 0 Å². The van der Waals surface area contributed by atoms with E-state index in [9.17, 15) is 4.79 Å². The highest BCUT2D eigenvalue weighted by molar-refractivity contribution is 9.10. The molecule has 0 aliphatic heterocycles. The molecule has 0 bridgehead atoms. The molecule has 0 heterocycles. The maximum atomic E-state index is 10.2. The van der Waals surface area contributed by atoms with Gasteiger partial charge in [0.15, 0.2) is 0 Å². The predicted molar refractivity (Wildman–Crippen MR) is 33.6 cm³/mol. The van der Waals surface area contributed by atoms with Gasteiger partial charge >= 0.3 is 0 Å². The van der Waals surface area contributed by atoms with Gasteiger partial charge in [-0.05, 0) is 6.92 Å². The van der Waals surface area contributed by atoms with Crippen LogP contribution in [0.15, 0.2) is 0 Å². The molecule has 0 aliphatic carbocycles. The number of carbonyl (C=O) groups is 1. The first-order valence-electron chi connectivity index (χ1n) is 2.17. The molecule has 8 heavy (non-hydrogen) atoms. The summed E-state index contributed by atoms with van der Waals surface area (Å²) in [7, 11) is 0. The lowest BCUT2D eigenvalue weighted by Gasteiger charge is -2.06. The number of alkyl halides is 1. The number of nitrogens with two attached hydrogens (primary N) is 1. The Morgan fingerprint density at radius 3 is 2.25 bits per heavy atom. The first-order valence-corrected chi connectivity index (χ1v) is 3.08. The van der Waals surface area contributed by atoms with Crippen LogP contribution < -0.4 is 5.73 Å². The molecule has 0 aromatic carbocycles. The smallest absolute Gasteiger partial charge is 0.233 e. The van der Waals surface area contributed by atoms with Crippen LogP contribution in [0.5, 0.6) is 0 Å². The largest absolute Gasteiger partial charge is 0.392 e. The normalized spacial score (nSPS) is 17.4. The van der Waals surface area contributed by atoms with E-state index in [-0.39, 0.29) is 0 Å². The molecule has 0 saturated carbocycles. The van der Waals surface area contributed by atoms with Crippen LogP contribution in [0, 0.1) is 0 Å². The van der Waals surface area contributed by atoms with Gasteiger partial charge in [-0.15, -0.1) is 0 Å². The van der Waals surface area contributed by atoms with Crippen LogP contribution in [0.4, 0.5) is 0 Å². The quantitative estimate of drug-likeness (QED) is 0.571. The van der Waals surface area contributed by atoms with Crippen molar-refractivity contribution in [1.82, 2.24) is 0 Å². The van der Waals surface area contributed by atoms with Crippen molar-refractivity contribution in [3.63, 3.8) is 0 Å². The van der Waals surface area contributed by atoms with Crippen molar-refractivity contribution in [2.45, 2.75) is 17.9 Å².